The molecule has 7 nitrogen and oxygen atoms in total. The topological polar surface area (TPSA) is 97.4 Å². The number of nitrogens with one attached hydrogen (secondary N) is 2. The summed E-state index contributed by atoms with van der Waals surface area (Å²) in [4.78, 5) is 17.4. The number of ether oxygens (including phenoxy) is 1. The number of rotatable bonds is 8. The average molecular weight is 584 g/mol. The molecule has 41 heavy (non-hydrogen) atoms. The number of halogens is 1. The van der Waals surface area contributed by atoms with Gasteiger partial charge in [-0.3, -0.25) is 9.52 Å². The molecular formula is C31H22FN3O4S2. The number of carbonyl (C=O) groups is 1. The molecule has 6 aromatic rings. The fourth-order valence-corrected chi connectivity index (χ4v) is 6.42. The van der Waals surface area contributed by atoms with Crippen LogP contribution < -0.4 is 14.8 Å². The molecule has 0 saturated heterocycles. The molecule has 1 heterocycles. The van der Waals surface area contributed by atoms with Crippen molar-refractivity contribution in [1.29, 1.82) is 0 Å². The third-order valence-electron chi connectivity index (χ3n) is 6.31. The summed E-state index contributed by atoms with van der Waals surface area (Å²) >= 11 is 1.15. The molecule has 1 aromatic heterocycles. The van der Waals surface area contributed by atoms with Gasteiger partial charge in [-0.05, 0) is 83.1 Å². The number of aromatic nitrogens is 1. The Morgan fingerprint density at radius 1 is 0.854 bits per heavy atom. The Labute approximate surface area is 239 Å². The van der Waals surface area contributed by atoms with E-state index in [1.54, 1.807) is 72.8 Å². The number of amides is 1. The van der Waals surface area contributed by atoms with Gasteiger partial charge in [-0.25, -0.2) is 17.8 Å². The van der Waals surface area contributed by atoms with E-state index < -0.39 is 10.0 Å². The van der Waals surface area contributed by atoms with Crippen molar-refractivity contribution < 1.29 is 22.3 Å². The Kier molecular flexibility index (Phi) is 7.08. The first kappa shape index (κ1) is 26.4. The number of hydrogen-bond acceptors (Lipinski definition) is 6. The second kappa shape index (κ2) is 11.0. The monoisotopic (exact) mass is 583 g/mol. The summed E-state index contributed by atoms with van der Waals surface area (Å²) in [5.41, 5.74) is 2.26. The first-order valence-corrected chi connectivity index (χ1v) is 14.8. The molecule has 1 amide bonds. The zero-order valence-corrected chi connectivity index (χ0v) is 23.0. The van der Waals surface area contributed by atoms with Crippen LogP contribution in [0.4, 0.5) is 15.2 Å². The van der Waals surface area contributed by atoms with Crippen LogP contribution in [0.25, 0.3) is 21.0 Å². The number of carbonyl (C=O) groups excluding carboxylic acids is 1. The highest BCUT2D eigenvalue weighted by atomic mass is 32.2. The van der Waals surface area contributed by atoms with Gasteiger partial charge in [0.2, 0.25) is 0 Å². The van der Waals surface area contributed by atoms with E-state index in [1.807, 2.05) is 24.3 Å². The van der Waals surface area contributed by atoms with E-state index in [-0.39, 0.29) is 28.4 Å². The minimum absolute atomic E-state index is 0.140. The molecular weight excluding hydrogens is 561 g/mol. The predicted molar refractivity (Wildman–Crippen MR) is 160 cm³/mol. The van der Waals surface area contributed by atoms with Crippen LogP contribution in [-0.4, -0.2) is 19.3 Å². The molecule has 0 unspecified atom stereocenters. The number of sulfonamides is 1. The second-order valence-electron chi connectivity index (χ2n) is 9.21. The quantitative estimate of drug-likeness (QED) is 0.197. The molecule has 0 atom stereocenters. The van der Waals surface area contributed by atoms with Crippen molar-refractivity contribution >= 4 is 59.1 Å². The highest BCUT2D eigenvalue weighted by Crippen LogP contribution is 2.30. The second-order valence-corrected chi connectivity index (χ2v) is 11.9. The minimum Gasteiger partial charge on any atom is -0.489 e. The smallest absolute Gasteiger partial charge is 0.263 e. The van der Waals surface area contributed by atoms with E-state index >= 15 is 0 Å². The molecule has 0 bridgehead atoms. The number of hydrogen-bond donors (Lipinski definition) is 2. The first-order valence-electron chi connectivity index (χ1n) is 12.5. The van der Waals surface area contributed by atoms with Crippen molar-refractivity contribution in [3.63, 3.8) is 0 Å². The predicted octanol–water partition coefficient (Wildman–Crippen LogP) is 7.22. The van der Waals surface area contributed by atoms with Gasteiger partial charge in [0.05, 0.1) is 15.1 Å². The number of anilines is 2. The lowest BCUT2D eigenvalue weighted by Gasteiger charge is -2.09. The SMILES string of the molecule is O=C(Nc1ccc(OCc2cccc(F)c2)cc1)c1ccc2nc(NS(=O)(=O)c3ccc4ccccc4c3)sc2c1. The lowest BCUT2D eigenvalue weighted by atomic mass is 10.1. The summed E-state index contributed by atoms with van der Waals surface area (Å²) < 4.78 is 48.3. The first-order chi connectivity index (χ1) is 19.8. The number of fused-ring (bicyclic) bond motifs is 2. The van der Waals surface area contributed by atoms with E-state index in [0.717, 1.165) is 22.1 Å². The number of thiazole rings is 1. The van der Waals surface area contributed by atoms with E-state index in [2.05, 4.69) is 15.0 Å². The van der Waals surface area contributed by atoms with Crippen molar-refractivity contribution in [3.05, 3.63) is 126 Å². The molecule has 2 N–H and O–H groups in total. The highest BCUT2D eigenvalue weighted by molar-refractivity contribution is 7.93. The Morgan fingerprint density at radius 3 is 2.46 bits per heavy atom. The van der Waals surface area contributed by atoms with Gasteiger partial charge in [-0.2, -0.15) is 0 Å². The van der Waals surface area contributed by atoms with Crippen LogP contribution in [0.15, 0.2) is 114 Å². The van der Waals surface area contributed by atoms with Crippen molar-refractivity contribution in [1.82, 2.24) is 4.98 Å². The number of benzene rings is 5. The highest BCUT2D eigenvalue weighted by Gasteiger charge is 2.18. The zero-order chi connectivity index (χ0) is 28.4. The van der Waals surface area contributed by atoms with Gasteiger partial charge in [-0.1, -0.05) is 53.8 Å². The fraction of sp³-hybridized carbons (Fsp3) is 0.0323. The lowest BCUT2D eigenvalue weighted by Crippen LogP contribution is -2.12. The van der Waals surface area contributed by atoms with Crippen LogP contribution >= 0.6 is 11.3 Å². The standard InChI is InChI=1S/C31H22FN3O4S2/c32-24-7-3-4-20(16-24)19-39-26-12-10-25(11-13-26)33-30(36)23-9-15-28-29(18-23)40-31(34-28)35-41(37,38)27-14-8-21-5-1-2-6-22(21)17-27/h1-18H,19H2,(H,33,36)(H,34,35). The molecule has 10 heteroatoms. The largest absolute Gasteiger partial charge is 0.489 e. The molecule has 0 aliphatic carbocycles. The van der Waals surface area contributed by atoms with Crippen molar-refractivity contribution in [3.8, 4) is 5.75 Å². The summed E-state index contributed by atoms with van der Waals surface area (Å²) in [5.74, 6) is -0.0664. The Balaban J connectivity index is 1.12. The maximum Gasteiger partial charge on any atom is 0.263 e. The lowest BCUT2D eigenvalue weighted by molar-refractivity contribution is 0.102. The van der Waals surface area contributed by atoms with Crippen molar-refractivity contribution in [2.75, 3.05) is 10.0 Å². The Hall–Kier alpha value is -4.80. The van der Waals surface area contributed by atoms with E-state index in [0.29, 0.717) is 32.8 Å². The van der Waals surface area contributed by atoms with Crippen LogP contribution in [0.3, 0.4) is 0 Å². The third kappa shape index (κ3) is 6.03. The van der Waals surface area contributed by atoms with Crippen molar-refractivity contribution in [2.24, 2.45) is 0 Å². The Morgan fingerprint density at radius 2 is 1.66 bits per heavy atom. The normalized spacial score (nSPS) is 11.4. The van der Waals surface area contributed by atoms with Crippen LogP contribution in [0.5, 0.6) is 5.75 Å². The van der Waals surface area contributed by atoms with Gasteiger partial charge in [0.1, 0.15) is 18.2 Å². The molecule has 0 spiro atoms. The summed E-state index contributed by atoms with van der Waals surface area (Å²) in [6, 6.07) is 30.5. The van der Waals surface area contributed by atoms with Gasteiger partial charge in [0, 0.05) is 11.3 Å². The van der Waals surface area contributed by atoms with Crippen LogP contribution in [0.1, 0.15) is 15.9 Å². The Bertz CT molecular complexity index is 2010. The van der Waals surface area contributed by atoms with E-state index in [4.69, 9.17) is 4.74 Å². The molecule has 0 aliphatic heterocycles. The zero-order valence-electron chi connectivity index (χ0n) is 21.4. The average Bonchev–Trinajstić information content (AvgIpc) is 3.37. The maximum atomic E-state index is 13.3. The molecule has 0 fully saturated rings. The maximum absolute atomic E-state index is 13.3. The van der Waals surface area contributed by atoms with Crippen molar-refractivity contribution in [2.45, 2.75) is 11.5 Å². The van der Waals surface area contributed by atoms with E-state index in [9.17, 15) is 17.6 Å². The van der Waals surface area contributed by atoms with Gasteiger partial charge < -0.3 is 10.1 Å². The molecule has 0 radical (unpaired) electrons. The summed E-state index contributed by atoms with van der Waals surface area (Å²) in [5, 5.41) is 4.82. The van der Waals surface area contributed by atoms with E-state index in [1.165, 1.54) is 12.1 Å². The fourth-order valence-electron chi connectivity index (χ4n) is 4.25. The van der Waals surface area contributed by atoms with Crippen LogP contribution in [0.2, 0.25) is 0 Å². The van der Waals surface area contributed by atoms with Crippen LogP contribution in [0, 0.1) is 5.82 Å². The summed E-state index contributed by atoms with van der Waals surface area (Å²) in [6.45, 7) is 0.221. The minimum atomic E-state index is -3.85. The summed E-state index contributed by atoms with van der Waals surface area (Å²) in [7, 11) is -3.85. The third-order valence-corrected chi connectivity index (χ3v) is 8.71. The molecule has 0 aliphatic rings. The molecule has 0 saturated carbocycles. The van der Waals surface area contributed by atoms with Gasteiger partial charge in [0.15, 0.2) is 5.13 Å². The molecule has 5 aromatic carbocycles. The number of nitrogens with zero attached hydrogens (tertiary/aromatic N) is 1. The van der Waals surface area contributed by atoms with Gasteiger partial charge in [-0.15, -0.1) is 0 Å². The molecule has 6 rings (SSSR count). The van der Waals surface area contributed by atoms with Gasteiger partial charge >= 0.3 is 0 Å². The molecule has 204 valence electrons. The van der Waals surface area contributed by atoms with Crippen LogP contribution in [-0.2, 0) is 16.6 Å². The summed E-state index contributed by atoms with van der Waals surface area (Å²) in [6.07, 6.45) is 0. The van der Waals surface area contributed by atoms with Gasteiger partial charge in [0.25, 0.3) is 15.9 Å².